The van der Waals surface area contributed by atoms with Crippen LogP contribution in [0, 0.1) is 0 Å². The van der Waals surface area contributed by atoms with Crippen LogP contribution in [0.1, 0.15) is 36.7 Å². The molecule has 31 heavy (non-hydrogen) atoms. The lowest BCUT2D eigenvalue weighted by Gasteiger charge is -2.28. The Balaban J connectivity index is 1.58. The molecular weight excluding hydrogens is 401 g/mol. The maximum atomic E-state index is 13.2. The van der Waals surface area contributed by atoms with E-state index >= 15 is 0 Å². The molecule has 2 amide bonds. The van der Waals surface area contributed by atoms with Crippen molar-refractivity contribution in [3.8, 4) is 5.75 Å². The van der Waals surface area contributed by atoms with Gasteiger partial charge in [0.05, 0.1) is 6.33 Å². The summed E-state index contributed by atoms with van der Waals surface area (Å²) in [4.78, 5) is 30.4. The predicted molar refractivity (Wildman–Crippen MR) is 115 cm³/mol. The molecule has 8 heteroatoms. The van der Waals surface area contributed by atoms with Crippen molar-refractivity contribution in [3.05, 3.63) is 65.6 Å². The number of carbonyl (C=O) groups is 2. The third-order valence-electron chi connectivity index (χ3n) is 4.52. The minimum atomic E-state index is -0.632. The second kappa shape index (κ2) is 9.59. The van der Waals surface area contributed by atoms with Gasteiger partial charge in [0.25, 0.3) is 5.91 Å². The van der Waals surface area contributed by atoms with E-state index in [0.717, 1.165) is 5.56 Å². The van der Waals surface area contributed by atoms with Crippen molar-refractivity contribution >= 4 is 17.8 Å². The molecule has 0 fully saturated rings. The summed E-state index contributed by atoms with van der Waals surface area (Å²) in [5.41, 5.74) is 1.08. The fourth-order valence-electron chi connectivity index (χ4n) is 3.08. The quantitative estimate of drug-likeness (QED) is 0.753. The van der Waals surface area contributed by atoms with Crippen molar-refractivity contribution in [2.24, 2.45) is 0 Å². The summed E-state index contributed by atoms with van der Waals surface area (Å²) in [6.07, 6.45) is 2.09. The van der Waals surface area contributed by atoms with Gasteiger partial charge in [-0.25, -0.2) is 14.2 Å². The van der Waals surface area contributed by atoms with E-state index < -0.39 is 11.7 Å². The number of halogens is 1. The first-order valence-corrected chi connectivity index (χ1v) is 10.0. The molecule has 0 bridgehead atoms. The van der Waals surface area contributed by atoms with Gasteiger partial charge in [-0.2, -0.15) is 0 Å². The zero-order valence-corrected chi connectivity index (χ0v) is 17.9. The van der Waals surface area contributed by atoms with Crippen molar-refractivity contribution in [3.63, 3.8) is 0 Å². The van der Waals surface area contributed by atoms with Gasteiger partial charge in [-0.15, -0.1) is 0 Å². The molecule has 1 aliphatic rings. The Labute approximate surface area is 180 Å². The van der Waals surface area contributed by atoms with Crippen LogP contribution in [0.3, 0.4) is 0 Å². The van der Waals surface area contributed by atoms with E-state index in [-0.39, 0.29) is 24.6 Å². The van der Waals surface area contributed by atoms with Gasteiger partial charge in [0.1, 0.15) is 23.8 Å². The van der Waals surface area contributed by atoms with Crippen molar-refractivity contribution < 1.29 is 23.5 Å². The van der Waals surface area contributed by atoms with Crippen LogP contribution < -0.4 is 15.0 Å². The lowest BCUT2D eigenvalue weighted by atomic mass is 9.98. The SMILES string of the molecule is CC(C)(C)OC(=O)NC/C(=C/F)COc1ccc2c(c1)CCN(c1ccccn1)C2=O. The van der Waals surface area contributed by atoms with Gasteiger partial charge in [0.2, 0.25) is 0 Å². The number of nitrogens with one attached hydrogen (secondary N) is 1. The van der Waals surface area contributed by atoms with Gasteiger partial charge in [-0.05, 0) is 63.1 Å². The molecule has 0 saturated heterocycles. The second-order valence-corrected chi connectivity index (χ2v) is 8.13. The molecule has 0 unspecified atom stereocenters. The minimum Gasteiger partial charge on any atom is -0.489 e. The van der Waals surface area contributed by atoms with E-state index in [1.807, 2.05) is 6.07 Å². The van der Waals surface area contributed by atoms with Crippen molar-refractivity contribution in [1.82, 2.24) is 10.3 Å². The van der Waals surface area contributed by atoms with Crippen molar-refractivity contribution in [1.29, 1.82) is 0 Å². The number of alkyl carbamates (subject to hydrolysis) is 1. The fraction of sp³-hybridized carbons (Fsp3) is 0.348. The number of pyridine rings is 1. The minimum absolute atomic E-state index is 0.0339. The van der Waals surface area contributed by atoms with Crippen molar-refractivity contribution in [2.45, 2.75) is 32.8 Å². The van der Waals surface area contributed by atoms with E-state index in [1.165, 1.54) is 0 Å². The summed E-state index contributed by atoms with van der Waals surface area (Å²) < 4.78 is 24.0. The first-order chi connectivity index (χ1) is 14.8. The highest BCUT2D eigenvalue weighted by molar-refractivity contribution is 6.07. The highest BCUT2D eigenvalue weighted by Gasteiger charge is 2.26. The third kappa shape index (κ3) is 6.04. The maximum Gasteiger partial charge on any atom is 0.407 e. The summed E-state index contributed by atoms with van der Waals surface area (Å²) in [6.45, 7) is 5.68. The van der Waals surface area contributed by atoms with Gasteiger partial charge < -0.3 is 14.8 Å². The Kier molecular flexibility index (Phi) is 6.89. The first-order valence-electron chi connectivity index (χ1n) is 10.0. The molecule has 1 aromatic carbocycles. The molecule has 3 rings (SSSR count). The standard InChI is InChI=1S/C23H26FN3O4/c1-23(2,3)31-22(29)26-14-16(13-24)15-30-18-7-8-19-17(12-18)9-11-27(21(19)28)20-6-4-5-10-25-20/h4-8,10,12-13H,9,11,14-15H2,1-3H3,(H,26,29)/b16-13-. The largest absolute Gasteiger partial charge is 0.489 e. The van der Waals surface area contributed by atoms with E-state index in [1.54, 1.807) is 62.2 Å². The molecule has 2 heterocycles. The molecule has 0 aliphatic carbocycles. The summed E-state index contributed by atoms with van der Waals surface area (Å²) >= 11 is 0. The number of carbonyl (C=O) groups excluding carboxylic acids is 2. The molecule has 164 valence electrons. The number of rotatable bonds is 6. The number of hydrogen-bond donors (Lipinski definition) is 1. The number of nitrogens with zero attached hydrogens (tertiary/aromatic N) is 2. The zero-order valence-electron chi connectivity index (χ0n) is 17.9. The second-order valence-electron chi connectivity index (χ2n) is 8.13. The Bertz CT molecular complexity index is 971. The molecule has 1 aromatic heterocycles. The fourth-order valence-corrected chi connectivity index (χ4v) is 3.08. The number of anilines is 1. The van der Waals surface area contributed by atoms with Gasteiger partial charge in [0, 0.05) is 30.4 Å². The van der Waals surface area contributed by atoms with Gasteiger partial charge >= 0.3 is 6.09 Å². The highest BCUT2D eigenvalue weighted by Crippen LogP contribution is 2.26. The van der Waals surface area contributed by atoms with Crippen LogP contribution in [0.5, 0.6) is 5.75 Å². The number of aromatic nitrogens is 1. The Morgan fingerprint density at radius 2 is 2.10 bits per heavy atom. The van der Waals surface area contributed by atoms with Gasteiger partial charge in [0.15, 0.2) is 0 Å². The number of benzene rings is 1. The Morgan fingerprint density at radius 1 is 1.29 bits per heavy atom. The van der Waals surface area contributed by atoms with Crippen molar-refractivity contribution in [2.75, 3.05) is 24.6 Å². The van der Waals surface area contributed by atoms with Crippen LogP contribution in [0.4, 0.5) is 15.0 Å². The molecule has 0 saturated carbocycles. The summed E-state index contributed by atoms with van der Waals surface area (Å²) in [6, 6.07) is 10.6. The van der Waals surface area contributed by atoms with Gasteiger partial charge in [-0.3, -0.25) is 9.69 Å². The molecular formula is C23H26FN3O4. The van der Waals surface area contributed by atoms with E-state index in [9.17, 15) is 14.0 Å². The van der Waals surface area contributed by atoms with E-state index in [2.05, 4.69) is 10.3 Å². The monoisotopic (exact) mass is 427 g/mol. The molecule has 1 N–H and O–H groups in total. The highest BCUT2D eigenvalue weighted by atomic mass is 19.1. The van der Waals surface area contributed by atoms with Crippen LogP contribution in [-0.4, -0.2) is 42.3 Å². The third-order valence-corrected chi connectivity index (χ3v) is 4.52. The molecule has 0 radical (unpaired) electrons. The molecule has 2 aromatic rings. The maximum absolute atomic E-state index is 13.2. The Hall–Kier alpha value is -3.42. The lowest BCUT2D eigenvalue weighted by molar-refractivity contribution is 0.0531. The van der Waals surface area contributed by atoms with Crippen LogP contribution >= 0.6 is 0 Å². The lowest BCUT2D eigenvalue weighted by Crippen LogP contribution is -2.38. The molecule has 7 nitrogen and oxygen atoms in total. The molecule has 0 atom stereocenters. The average Bonchev–Trinajstić information content (AvgIpc) is 2.73. The first kappa shape index (κ1) is 22.3. The average molecular weight is 427 g/mol. The normalized spacial score (nSPS) is 14.1. The van der Waals surface area contributed by atoms with E-state index in [0.29, 0.717) is 36.4 Å². The van der Waals surface area contributed by atoms with Crippen LogP contribution in [0.25, 0.3) is 0 Å². The summed E-state index contributed by atoms with van der Waals surface area (Å²) in [7, 11) is 0. The number of ether oxygens (including phenoxy) is 2. The number of hydrogen-bond acceptors (Lipinski definition) is 5. The smallest absolute Gasteiger partial charge is 0.407 e. The van der Waals surface area contributed by atoms with E-state index in [4.69, 9.17) is 9.47 Å². The topological polar surface area (TPSA) is 80.8 Å². The summed E-state index contributed by atoms with van der Waals surface area (Å²) in [5, 5.41) is 2.50. The number of amides is 2. The van der Waals surface area contributed by atoms with Crippen LogP contribution in [-0.2, 0) is 11.2 Å². The summed E-state index contributed by atoms with van der Waals surface area (Å²) in [5.74, 6) is 1.03. The van der Waals surface area contributed by atoms with Crippen LogP contribution in [0.15, 0.2) is 54.5 Å². The van der Waals surface area contributed by atoms with Gasteiger partial charge in [-0.1, -0.05) is 6.07 Å². The Morgan fingerprint density at radius 3 is 2.77 bits per heavy atom. The number of fused-ring (bicyclic) bond motifs is 1. The molecule has 1 aliphatic heterocycles. The zero-order chi connectivity index (χ0) is 22.4. The molecule has 0 spiro atoms. The predicted octanol–water partition coefficient (Wildman–Crippen LogP) is 4.04. The van der Waals surface area contributed by atoms with Crippen LogP contribution in [0.2, 0.25) is 0 Å².